The van der Waals surface area contributed by atoms with E-state index in [0.717, 1.165) is 31.9 Å². The standard InChI is InChI=1S/C19H15N7OS2/c1-11-5-16(29-25-11)23-18-19-20-9-15(12-7-21-22-8-12)26(19)10-17(24-18)28-14-4-2-3-13(27)6-14/h2-10,27H,1H3,(H,21,22)(H,23,24). The normalized spacial score (nSPS) is 11.2. The smallest absolute Gasteiger partial charge is 0.181 e. The number of hydrogen-bond acceptors (Lipinski definition) is 8. The van der Waals surface area contributed by atoms with Crippen LogP contribution in [0.3, 0.4) is 0 Å². The molecule has 0 spiro atoms. The molecular weight excluding hydrogens is 406 g/mol. The van der Waals surface area contributed by atoms with Crippen molar-refractivity contribution < 1.29 is 5.11 Å². The van der Waals surface area contributed by atoms with Crippen molar-refractivity contribution in [1.29, 1.82) is 0 Å². The number of phenols is 1. The number of phenolic OH excluding ortho intramolecular Hbond substituents is 1. The molecule has 0 radical (unpaired) electrons. The zero-order valence-electron chi connectivity index (χ0n) is 15.2. The van der Waals surface area contributed by atoms with Crippen LogP contribution in [0.25, 0.3) is 16.9 Å². The number of anilines is 2. The fraction of sp³-hybridized carbons (Fsp3) is 0.0526. The molecule has 3 N–H and O–H groups in total. The summed E-state index contributed by atoms with van der Waals surface area (Å²) in [6, 6.07) is 9.07. The van der Waals surface area contributed by atoms with Gasteiger partial charge in [0.25, 0.3) is 0 Å². The third kappa shape index (κ3) is 3.55. The van der Waals surface area contributed by atoms with Crippen LogP contribution in [-0.4, -0.2) is 34.0 Å². The maximum absolute atomic E-state index is 9.77. The van der Waals surface area contributed by atoms with E-state index in [1.54, 1.807) is 24.5 Å². The Hall–Kier alpha value is -3.37. The fourth-order valence-corrected chi connectivity index (χ4v) is 4.43. The second-order valence-electron chi connectivity index (χ2n) is 6.31. The van der Waals surface area contributed by atoms with Crippen LogP contribution < -0.4 is 5.32 Å². The van der Waals surface area contributed by atoms with Gasteiger partial charge < -0.3 is 10.4 Å². The molecule has 4 heterocycles. The second kappa shape index (κ2) is 7.22. The Morgan fingerprint density at radius 1 is 1.24 bits per heavy atom. The lowest BCUT2D eigenvalue weighted by Gasteiger charge is -2.09. The van der Waals surface area contributed by atoms with Crippen LogP contribution in [0.5, 0.6) is 5.75 Å². The quantitative estimate of drug-likeness (QED) is 0.384. The monoisotopic (exact) mass is 421 g/mol. The van der Waals surface area contributed by atoms with E-state index in [9.17, 15) is 5.11 Å². The van der Waals surface area contributed by atoms with E-state index in [1.807, 2.05) is 41.9 Å². The molecule has 0 aliphatic carbocycles. The summed E-state index contributed by atoms with van der Waals surface area (Å²) >= 11 is 2.84. The van der Waals surface area contributed by atoms with Crippen LogP contribution in [0.15, 0.2) is 65.0 Å². The van der Waals surface area contributed by atoms with Gasteiger partial charge in [0.15, 0.2) is 11.5 Å². The lowest BCUT2D eigenvalue weighted by atomic mass is 10.3. The minimum absolute atomic E-state index is 0.219. The summed E-state index contributed by atoms with van der Waals surface area (Å²) in [5.41, 5.74) is 3.47. The van der Waals surface area contributed by atoms with Crippen molar-refractivity contribution in [3.05, 3.63) is 60.8 Å². The molecule has 5 aromatic rings. The molecule has 0 aliphatic heterocycles. The van der Waals surface area contributed by atoms with Gasteiger partial charge in [-0.25, -0.2) is 9.97 Å². The first-order valence-corrected chi connectivity index (χ1v) is 10.3. The minimum Gasteiger partial charge on any atom is -0.508 e. The van der Waals surface area contributed by atoms with Gasteiger partial charge in [-0.3, -0.25) is 9.50 Å². The van der Waals surface area contributed by atoms with E-state index in [0.29, 0.717) is 11.5 Å². The first kappa shape index (κ1) is 17.7. The molecule has 0 fully saturated rings. The molecule has 29 heavy (non-hydrogen) atoms. The Morgan fingerprint density at radius 2 is 2.17 bits per heavy atom. The maximum Gasteiger partial charge on any atom is 0.181 e. The molecular formula is C19H15N7OS2. The number of aromatic amines is 1. The van der Waals surface area contributed by atoms with Gasteiger partial charge in [0.2, 0.25) is 0 Å². The molecule has 0 saturated carbocycles. The van der Waals surface area contributed by atoms with E-state index in [2.05, 4.69) is 24.9 Å². The summed E-state index contributed by atoms with van der Waals surface area (Å²) in [5, 5.41) is 21.6. The topological polar surface area (TPSA) is 104 Å². The SMILES string of the molecule is Cc1cc(Nc2nc(Sc3cccc(O)c3)cn3c(-c4cn[nH]c4)cnc23)sn1. The lowest BCUT2D eigenvalue weighted by Crippen LogP contribution is -1.99. The van der Waals surface area contributed by atoms with Crippen molar-refractivity contribution in [1.82, 2.24) is 28.9 Å². The largest absolute Gasteiger partial charge is 0.508 e. The van der Waals surface area contributed by atoms with Crippen LogP contribution in [-0.2, 0) is 0 Å². The molecule has 8 nitrogen and oxygen atoms in total. The number of nitrogens with zero attached hydrogens (tertiary/aromatic N) is 5. The molecule has 10 heteroatoms. The van der Waals surface area contributed by atoms with E-state index >= 15 is 0 Å². The molecule has 4 aromatic heterocycles. The van der Waals surface area contributed by atoms with Gasteiger partial charge in [0.1, 0.15) is 15.8 Å². The number of benzene rings is 1. The zero-order valence-corrected chi connectivity index (χ0v) is 16.8. The Kier molecular flexibility index (Phi) is 4.41. The molecule has 0 aliphatic rings. The van der Waals surface area contributed by atoms with Crippen LogP contribution >= 0.6 is 23.3 Å². The van der Waals surface area contributed by atoms with Crippen LogP contribution in [0, 0.1) is 6.92 Å². The molecule has 0 bridgehead atoms. The van der Waals surface area contributed by atoms with Crippen molar-refractivity contribution in [3.63, 3.8) is 0 Å². The Balaban J connectivity index is 1.63. The zero-order chi connectivity index (χ0) is 19.8. The summed E-state index contributed by atoms with van der Waals surface area (Å²) in [7, 11) is 0. The van der Waals surface area contributed by atoms with Gasteiger partial charge in [0.05, 0.1) is 23.8 Å². The molecule has 0 atom stereocenters. The summed E-state index contributed by atoms with van der Waals surface area (Å²) in [5.74, 6) is 0.852. The van der Waals surface area contributed by atoms with Crippen molar-refractivity contribution in [2.75, 3.05) is 5.32 Å². The van der Waals surface area contributed by atoms with E-state index in [4.69, 9.17) is 4.98 Å². The predicted molar refractivity (Wildman–Crippen MR) is 113 cm³/mol. The highest BCUT2D eigenvalue weighted by molar-refractivity contribution is 7.99. The van der Waals surface area contributed by atoms with Gasteiger partial charge in [-0.1, -0.05) is 17.8 Å². The van der Waals surface area contributed by atoms with Gasteiger partial charge >= 0.3 is 0 Å². The van der Waals surface area contributed by atoms with Crippen LogP contribution in [0.1, 0.15) is 5.69 Å². The number of imidazole rings is 1. The number of nitrogens with one attached hydrogen (secondary N) is 2. The molecule has 0 unspecified atom stereocenters. The van der Waals surface area contributed by atoms with E-state index < -0.39 is 0 Å². The summed E-state index contributed by atoms with van der Waals surface area (Å²) in [4.78, 5) is 10.2. The molecule has 144 valence electrons. The van der Waals surface area contributed by atoms with Gasteiger partial charge in [0, 0.05) is 22.9 Å². The third-order valence-electron chi connectivity index (χ3n) is 4.17. The highest BCUT2D eigenvalue weighted by Gasteiger charge is 2.15. The van der Waals surface area contributed by atoms with Crippen molar-refractivity contribution in [3.8, 4) is 17.0 Å². The Bertz CT molecular complexity index is 1290. The number of aryl methyl sites for hydroxylation is 1. The van der Waals surface area contributed by atoms with Gasteiger partial charge in [-0.15, -0.1) is 0 Å². The maximum atomic E-state index is 9.77. The average Bonchev–Trinajstić information content (AvgIpc) is 3.42. The second-order valence-corrected chi connectivity index (χ2v) is 8.21. The summed E-state index contributed by atoms with van der Waals surface area (Å²) in [6.45, 7) is 1.95. The number of H-pyrrole nitrogens is 1. The fourth-order valence-electron chi connectivity index (χ4n) is 2.91. The van der Waals surface area contributed by atoms with Crippen LogP contribution in [0.2, 0.25) is 0 Å². The van der Waals surface area contributed by atoms with E-state index in [-0.39, 0.29) is 5.75 Å². The van der Waals surface area contributed by atoms with Crippen LogP contribution in [0.4, 0.5) is 10.8 Å². The molecule has 0 saturated heterocycles. The van der Waals surface area contributed by atoms with Crippen molar-refractivity contribution >= 4 is 39.8 Å². The van der Waals surface area contributed by atoms with Gasteiger partial charge in [-0.05, 0) is 42.7 Å². The summed E-state index contributed by atoms with van der Waals surface area (Å²) in [6.07, 6.45) is 7.31. The first-order valence-electron chi connectivity index (χ1n) is 8.70. The molecule has 0 amide bonds. The Morgan fingerprint density at radius 3 is 2.93 bits per heavy atom. The number of rotatable bonds is 5. The lowest BCUT2D eigenvalue weighted by molar-refractivity contribution is 0.474. The Labute approximate surface area is 173 Å². The number of hydrogen-bond donors (Lipinski definition) is 3. The minimum atomic E-state index is 0.219. The van der Waals surface area contributed by atoms with Crippen molar-refractivity contribution in [2.24, 2.45) is 0 Å². The molecule has 5 rings (SSSR count). The number of aromatic hydroxyl groups is 1. The summed E-state index contributed by atoms with van der Waals surface area (Å²) < 4.78 is 6.30. The number of fused-ring (bicyclic) bond motifs is 1. The highest BCUT2D eigenvalue weighted by Crippen LogP contribution is 2.33. The van der Waals surface area contributed by atoms with Crippen molar-refractivity contribution in [2.45, 2.75) is 16.8 Å². The third-order valence-corrected chi connectivity index (χ3v) is 5.87. The number of aromatic nitrogens is 6. The average molecular weight is 422 g/mol. The van der Waals surface area contributed by atoms with E-state index in [1.165, 1.54) is 23.3 Å². The highest BCUT2D eigenvalue weighted by atomic mass is 32.2. The first-order chi connectivity index (χ1) is 14.2. The predicted octanol–water partition coefficient (Wildman–Crippen LogP) is 4.48. The molecule has 1 aromatic carbocycles. The van der Waals surface area contributed by atoms with Gasteiger partial charge in [-0.2, -0.15) is 9.47 Å².